The summed E-state index contributed by atoms with van der Waals surface area (Å²) in [5.74, 6) is 0.0114. The molecule has 3 N–H and O–H groups in total. The zero-order valence-corrected chi connectivity index (χ0v) is 16.1. The molecule has 3 aromatic rings. The maximum atomic E-state index is 12.5. The van der Waals surface area contributed by atoms with Crippen molar-refractivity contribution in [2.75, 3.05) is 11.9 Å². The Labute approximate surface area is 161 Å². The lowest BCUT2D eigenvalue weighted by molar-refractivity contribution is -0.675. The largest absolute Gasteiger partial charge is 0.328 e. The monoisotopic (exact) mass is 407 g/mol. The lowest BCUT2D eigenvalue weighted by Gasteiger charge is -2.13. The third-order valence-corrected chi connectivity index (χ3v) is 5.38. The summed E-state index contributed by atoms with van der Waals surface area (Å²) in [6.45, 7) is 2.37. The molecule has 1 aliphatic carbocycles. The molecule has 0 unspecified atom stereocenters. The van der Waals surface area contributed by atoms with Gasteiger partial charge in [-0.25, -0.2) is 0 Å². The Morgan fingerprint density at radius 1 is 1.00 bits per heavy atom. The lowest BCUT2D eigenvalue weighted by atomic mass is 10.1. The molecule has 3 nitrogen and oxygen atoms in total. The third-order valence-electron chi connectivity index (χ3n) is 4.88. The van der Waals surface area contributed by atoms with Crippen LogP contribution in [-0.2, 0) is 4.79 Å². The molecule has 4 heteroatoms. The number of aryl methyl sites for hydroxylation is 1. The van der Waals surface area contributed by atoms with Crippen molar-refractivity contribution in [2.24, 2.45) is 0 Å². The number of amides is 1. The van der Waals surface area contributed by atoms with E-state index in [9.17, 15) is 4.79 Å². The molecule has 26 heavy (non-hydrogen) atoms. The van der Waals surface area contributed by atoms with Gasteiger partial charge in [0.05, 0.1) is 0 Å². The zero-order valence-electron chi connectivity index (χ0n) is 14.5. The maximum Gasteiger partial charge on any atom is 0.279 e. The van der Waals surface area contributed by atoms with Gasteiger partial charge in [0.25, 0.3) is 5.91 Å². The van der Waals surface area contributed by atoms with Gasteiger partial charge < -0.3 is 10.6 Å². The van der Waals surface area contributed by atoms with Crippen LogP contribution in [0.15, 0.2) is 71.2 Å². The number of benzene rings is 3. The maximum absolute atomic E-state index is 12.5. The Hall–Kier alpha value is -2.43. The van der Waals surface area contributed by atoms with Crippen LogP contribution < -0.4 is 10.6 Å². The number of nitrogens with two attached hydrogens (primary N) is 1. The summed E-state index contributed by atoms with van der Waals surface area (Å²) in [4.78, 5) is 12.5. The molecule has 130 valence electrons. The predicted molar refractivity (Wildman–Crippen MR) is 108 cm³/mol. The van der Waals surface area contributed by atoms with Crippen LogP contribution in [-0.4, -0.2) is 12.5 Å². The lowest BCUT2D eigenvalue weighted by Crippen LogP contribution is -2.87. The molecule has 1 aliphatic rings. The van der Waals surface area contributed by atoms with E-state index in [-0.39, 0.29) is 11.9 Å². The van der Waals surface area contributed by atoms with Gasteiger partial charge in [-0.3, -0.25) is 4.79 Å². The van der Waals surface area contributed by atoms with Gasteiger partial charge in [-0.15, -0.1) is 0 Å². The zero-order chi connectivity index (χ0) is 18.1. The van der Waals surface area contributed by atoms with E-state index >= 15 is 0 Å². The van der Waals surface area contributed by atoms with Crippen molar-refractivity contribution in [1.29, 1.82) is 0 Å². The summed E-state index contributed by atoms with van der Waals surface area (Å²) in [6.07, 6.45) is 0. The smallest absolute Gasteiger partial charge is 0.279 e. The SMILES string of the molecule is Cc1cc(Br)ccc1NC(=O)C[NH2+]C1c2ccccc2-c2ccccc21. The van der Waals surface area contributed by atoms with Crippen LogP contribution in [0.5, 0.6) is 0 Å². The average Bonchev–Trinajstić information content (AvgIpc) is 2.96. The highest BCUT2D eigenvalue weighted by Crippen LogP contribution is 2.40. The van der Waals surface area contributed by atoms with Gasteiger partial charge in [-0.1, -0.05) is 64.5 Å². The third kappa shape index (κ3) is 3.18. The van der Waals surface area contributed by atoms with E-state index in [1.54, 1.807) is 0 Å². The second-order valence-electron chi connectivity index (χ2n) is 6.60. The van der Waals surface area contributed by atoms with E-state index in [4.69, 9.17) is 0 Å². The first-order valence-electron chi connectivity index (χ1n) is 8.71. The fourth-order valence-corrected chi connectivity index (χ4v) is 4.12. The van der Waals surface area contributed by atoms with E-state index in [0.717, 1.165) is 15.7 Å². The van der Waals surface area contributed by atoms with Crippen molar-refractivity contribution in [1.82, 2.24) is 0 Å². The molecule has 0 radical (unpaired) electrons. The summed E-state index contributed by atoms with van der Waals surface area (Å²) in [6, 6.07) is 23.0. The minimum absolute atomic E-state index is 0.0114. The van der Waals surface area contributed by atoms with Crippen molar-refractivity contribution < 1.29 is 10.1 Å². The highest BCUT2D eigenvalue weighted by atomic mass is 79.9. The Morgan fingerprint density at radius 2 is 1.62 bits per heavy atom. The molecular weight excluding hydrogens is 388 g/mol. The van der Waals surface area contributed by atoms with E-state index in [1.165, 1.54) is 22.3 Å². The van der Waals surface area contributed by atoms with Crippen LogP contribution in [0, 0.1) is 6.92 Å². The first-order valence-corrected chi connectivity index (χ1v) is 9.50. The summed E-state index contributed by atoms with van der Waals surface area (Å²) in [7, 11) is 0. The van der Waals surface area contributed by atoms with Gasteiger partial charge in [0.15, 0.2) is 6.54 Å². The van der Waals surface area contributed by atoms with Gasteiger partial charge in [0.1, 0.15) is 6.04 Å². The van der Waals surface area contributed by atoms with Crippen LogP contribution in [0.2, 0.25) is 0 Å². The van der Waals surface area contributed by atoms with E-state index in [1.807, 2.05) is 25.1 Å². The van der Waals surface area contributed by atoms with Crippen molar-refractivity contribution >= 4 is 27.5 Å². The normalized spacial score (nSPS) is 12.5. The van der Waals surface area contributed by atoms with Gasteiger partial charge in [0, 0.05) is 21.3 Å². The van der Waals surface area contributed by atoms with Gasteiger partial charge >= 0.3 is 0 Å². The predicted octanol–water partition coefficient (Wildman–Crippen LogP) is 4.03. The van der Waals surface area contributed by atoms with E-state index in [2.05, 4.69) is 75.1 Å². The number of fused-ring (bicyclic) bond motifs is 3. The fourth-order valence-electron chi connectivity index (χ4n) is 3.64. The molecular formula is C22H20BrN2O+. The minimum Gasteiger partial charge on any atom is -0.328 e. The Kier molecular flexibility index (Phi) is 4.62. The summed E-state index contributed by atoms with van der Waals surface area (Å²) in [5, 5.41) is 5.14. The molecule has 0 heterocycles. The van der Waals surface area contributed by atoms with Crippen LogP contribution in [0.25, 0.3) is 11.1 Å². The van der Waals surface area contributed by atoms with Crippen LogP contribution in [0.4, 0.5) is 5.69 Å². The van der Waals surface area contributed by atoms with Gasteiger partial charge in [-0.05, 0) is 41.8 Å². The molecule has 0 saturated heterocycles. The first kappa shape index (κ1) is 17.0. The molecule has 0 bridgehead atoms. The van der Waals surface area contributed by atoms with E-state index in [0.29, 0.717) is 6.54 Å². The van der Waals surface area contributed by atoms with Crippen LogP contribution >= 0.6 is 15.9 Å². The van der Waals surface area contributed by atoms with Crippen molar-refractivity contribution in [3.05, 3.63) is 87.9 Å². The topological polar surface area (TPSA) is 45.7 Å². The second kappa shape index (κ2) is 7.06. The molecule has 0 atom stereocenters. The summed E-state index contributed by atoms with van der Waals surface area (Å²) in [5.41, 5.74) is 7.01. The second-order valence-corrected chi connectivity index (χ2v) is 7.52. The average molecular weight is 408 g/mol. The van der Waals surface area contributed by atoms with Crippen LogP contribution in [0.1, 0.15) is 22.7 Å². The quantitative estimate of drug-likeness (QED) is 0.673. The van der Waals surface area contributed by atoms with E-state index < -0.39 is 0 Å². The Bertz CT molecular complexity index is 938. The molecule has 0 aliphatic heterocycles. The summed E-state index contributed by atoms with van der Waals surface area (Å²) < 4.78 is 1.01. The fraction of sp³-hybridized carbons (Fsp3) is 0.136. The highest BCUT2D eigenvalue weighted by Gasteiger charge is 2.31. The van der Waals surface area contributed by atoms with Crippen LogP contribution in [0.3, 0.4) is 0 Å². The number of rotatable bonds is 4. The number of anilines is 1. The number of quaternary nitrogens is 1. The number of carbonyl (C=O) groups is 1. The van der Waals surface area contributed by atoms with Gasteiger partial charge in [0.2, 0.25) is 0 Å². The molecule has 0 spiro atoms. The molecule has 4 rings (SSSR count). The number of carbonyl (C=O) groups excluding carboxylic acids is 1. The van der Waals surface area contributed by atoms with Crippen molar-refractivity contribution in [3.8, 4) is 11.1 Å². The molecule has 3 aromatic carbocycles. The Morgan fingerprint density at radius 3 is 2.23 bits per heavy atom. The molecule has 0 fully saturated rings. The number of nitrogens with one attached hydrogen (secondary N) is 1. The molecule has 0 aromatic heterocycles. The number of hydrogen-bond donors (Lipinski definition) is 2. The first-order chi connectivity index (χ1) is 12.6. The minimum atomic E-state index is 0.0114. The standard InChI is InChI=1S/C22H19BrN2O/c1-14-12-15(23)10-11-20(14)25-21(26)13-24-22-18-8-4-2-6-16(18)17-7-3-5-9-19(17)22/h2-12,22,24H,13H2,1H3,(H,25,26)/p+1. The molecule has 0 saturated carbocycles. The number of hydrogen-bond acceptors (Lipinski definition) is 1. The highest BCUT2D eigenvalue weighted by molar-refractivity contribution is 9.10. The summed E-state index contributed by atoms with van der Waals surface area (Å²) >= 11 is 3.45. The van der Waals surface area contributed by atoms with Crippen molar-refractivity contribution in [2.45, 2.75) is 13.0 Å². The van der Waals surface area contributed by atoms with Gasteiger partial charge in [-0.2, -0.15) is 0 Å². The number of halogens is 1. The Balaban J connectivity index is 1.50. The van der Waals surface area contributed by atoms with Crippen molar-refractivity contribution in [3.63, 3.8) is 0 Å². The molecule has 1 amide bonds.